The summed E-state index contributed by atoms with van der Waals surface area (Å²) in [6.07, 6.45) is 35.1. The monoisotopic (exact) mass is 695 g/mol. The zero-order chi connectivity index (χ0) is 36.8. The highest BCUT2D eigenvalue weighted by molar-refractivity contribution is 4.99. The van der Waals surface area contributed by atoms with Gasteiger partial charge in [-0.2, -0.15) is 0 Å². The Bertz CT molecular complexity index is 631. The first-order valence-electron chi connectivity index (χ1n) is 22.3. The molecule has 2 N–H and O–H groups in total. The minimum atomic E-state index is -0.832. The Balaban J connectivity index is 5.94. The maximum Gasteiger partial charge on any atom is 0.0936 e. The molecule has 2 unspecified atom stereocenters. The van der Waals surface area contributed by atoms with Crippen molar-refractivity contribution in [3.8, 4) is 0 Å². The lowest BCUT2D eigenvalue weighted by Gasteiger charge is -2.49. The molecule has 0 aliphatic heterocycles. The van der Waals surface area contributed by atoms with Gasteiger partial charge in [-0.1, -0.05) is 209 Å². The van der Waals surface area contributed by atoms with Gasteiger partial charge in [-0.05, 0) is 56.3 Å². The van der Waals surface area contributed by atoms with Gasteiger partial charge in [-0.3, -0.25) is 0 Å². The molecule has 0 spiro atoms. The van der Waals surface area contributed by atoms with Gasteiger partial charge in [-0.25, -0.2) is 0 Å². The molecule has 0 fully saturated rings. The zero-order valence-corrected chi connectivity index (χ0v) is 35.4. The van der Waals surface area contributed by atoms with Gasteiger partial charge in [0.15, 0.2) is 0 Å². The van der Waals surface area contributed by atoms with Gasteiger partial charge in [0.2, 0.25) is 0 Å². The Morgan fingerprint density at radius 1 is 0.388 bits per heavy atom. The van der Waals surface area contributed by atoms with Gasteiger partial charge in [0.1, 0.15) is 0 Å². The molecule has 0 aliphatic rings. The van der Waals surface area contributed by atoms with E-state index in [2.05, 4.69) is 55.4 Å². The Hall–Kier alpha value is -0.120. The normalized spacial score (nSPS) is 14.5. The van der Waals surface area contributed by atoms with Gasteiger partial charge in [-0.15, -0.1) is 0 Å². The topological polar surface area (TPSA) is 49.7 Å². The van der Waals surface area contributed by atoms with Crippen LogP contribution in [-0.2, 0) is 4.74 Å². The molecule has 3 nitrogen and oxygen atoms in total. The summed E-state index contributed by atoms with van der Waals surface area (Å²) in [5.74, 6) is 3.19. The van der Waals surface area contributed by atoms with Crippen LogP contribution in [0.3, 0.4) is 0 Å². The van der Waals surface area contributed by atoms with Gasteiger partial charge >= 0.3 is 0 Å². The van der Waals surface area contributed by atoms with Gasteiger partial charge in [0.05, 0.1) is 24.9 Å². The van der Waals surface area contributed by atoms with Crippen LogP contribution >= 0.6 is 0 Å². The van der Waals surface area contributed by atoms with Crippen molar-refractivity contribution in [2.75, 3.05) is 13.2 Å². The minimum Gasteiger partial charge on any atom is -0.394 e. The van der Waals surface area contributed by atoms with Crippen molar-refractivity contribution in [3.05, 3.63) is 0 Å². The van der Waals surface area contributed by atoms with Crippen molar-refractivity contribution in [2.24, 2.45) is 29.1 Å². The number of hydrogen-bond donors (Lipinski definition) is 2. The molecule has 0 aromatic heterocycles. The lowest BCUT2D eigenvalue weighted by molar-refractivity contribution is -0.164. The van der Waals surface area contributed by atoms with Crippen LogP contribution in [0.25, 0.3) is 0 Å². The van der Waals surface area contributed by atoms with Crippen molar-refractivity contribution < 1.29 is 14.9 Å². The van der Waals surface area contributed by atoms with Crippen LogP contribution in [0.5, 0.6) is 0 Å². The quantitative estimate of drug-likeness (QED) is 0.0636. The maximum atomic E-state index is 13.0. The molecule has 0 saturated carbocycles. The molecule has 0 aliphatic carbocycles. The molecular formula is C46H94O3. The van der Waals surface area contributed by atoms with E-state index >= 15 is 0 Å². The fourth-order valence-corrected chi connectivity index (χ4v) is 8.04. The summed E-state index contributed by atoms with van der Waals surface area (Å²) >= 11 is 0. The van der Waals surface area contributed by atoms with Gasteiger partial charge < -0.3 is 14.9 Å². The van der Waals surface area contributed by atoms with E-state index < -0.39 is 5.60 Å². The molecule has 0 heterocycles. The van der Waals surface area contributed by atoms with E-state index in [0.29, 0.717) is 6.61 Å². The van der Waals surface area contributed by atoms with Crippen molar-refractivity contribution in [1.82, 2.24) is 0 Å². The number of ether oxygens (including phenoxy) is 1. The lowest BCUT2D eigenvalue weighted by atomic mass is 9.61. The first-order chi connectivity index (χ1) is 23.4. The lowest BCUT2D eigenvalue weighted by Crippen LogP contribution is -2.52. The molecule has 0 bridgehead atoms. The molecule has 0 radical (unpaired) electrons. The van der Waals surface area contributed by atoms with E-state index in [1.807, 2.05) is 6.92 Å². The SMILES string of the molecule is CC(C)CCCCCCCC(O)(COC(C)CO)C(CCCCCCCC(C)C)(CCCCCCCC(C)C)CCCCCCCC(C)C. The summed E-state index contributed by atoms with van der Waals surface area (Å²) in [7, 11) is 0. The Morgan fingerprint density at radius 2 is 0.653 bits per heavy atom. The predicted octanol–water partition coefficient (Wildman–Crippen LogP) is 14.6. The molecule has 2 atom stereocenters. The second-order valence-corrected chi connectivity index (χ2v) is 18.4. The Labute approximate surface area is 310 Å². The summed E-state index contributed by atoms with van der Waals surface area (Å²) in [4.78, 5) is 0. The Morgan fingerprint density at radius 3 is 0.939 bits per heavy atom. The van der Waals surface area contributed by atoms with E-state index in [-0.39, 0.29) is 18.1 Å². The third-order valence-electron chi connectivity index (χ3n) is 11.5. The minimum absolute atomic E-state index is 0.0159. The summed E-state index contributed by atoms with van der Waals surface area (Å²) in [6, 6.07) is 0. The molecule has 0 aromatic rings. The summed E-state index contributed by atoms with van der Waals surface area (Å²) in [5, 5.41) is 22.9. The predicted molar refractivity (Wildman–Crippen MR) is 219 cm³/mol. The molecule has 0 amide bonds. The van der Waals surface area contributed by atoms with E-state index in [0.717, 1.165) is 55.8 Å². The zero-order valence-electron chi connectivity index (χ0n) is 35.4. The maximum absolute atomic E-state index is 13.0. The van der Waals surface area contributed by atoms with Crippen LogP contribution in [0.4, 0.5) is 0 Å². The second kappa shape index (κ2) is 31.4. The molecule has 3 heteroatoms. The second-order valence-electron chi connectivity index (χ2n) is 18.4. The Kier molecular flexibility index (Phi) is 31.3. The van der Waals surface area contributed by atoms with Crippen molar-refractivity contribution in [2.45, 2.75) is 254 Å². The van der Waals surface area contributed by atoms with Crippen molar-refractivity contribution >= 4 is 0 Å². The van der Waals surface area contributed by atoms with Crippen LogP contribution in [0.2, 0.25) is 0 Å². The smallest absolute Gasteiger partial charge is 0.0936 e. The number of aliphatic hydroxyl groups excluding tert-OH is 1. The number of unbranched alkanes of at least 4 members (excludes halogenated alkanes) is 16. The number of hydrogen-bond acceptors (Lipinski definition) is 3. The third-order valence-corrected chi connectivity index (χ3v) is 11.5. The van der Waals surface area contributed by atoms with E-state index in [1.54, 1.807) is 0 Å². The average molecular weight is 695 g/mol. The molecular weight excluding hydrogens is 601 g/mol. The largest absolute Gasteiger partial charge is 0.394 e. The fourth-order valence-electron chi connectivity index (χ4n) is 8.04. The number of rotatable bonds is 37. The van der Waals surface area contributed by atoms with Crippen molar-refractivity contribution in [3.63, 3.8) is 0 Å². The van der Waals surface area contributed by atoms with Crippen LogP contribution in [-0.4, -0.2) is 35.1 Å². The molecule has 296 valence electrons. The first-order valence-corrected chi connectivity index (χ1v) is 22.3. The van der Waals surface area contributed by atoms with E-state index in [9.17, 15) is 10.2 Å². The highest BCUT2D eigenvalue weighted by atomic mass is 16.5. The number of aliphatic hydroxyl groups is 2. The molecule has 0 saturated heterocycles. The van der Waals surface area contributed by atoms with Crippen LogP contribution in [0, 0.1) is 29.1 Å². The highest BCUT2D eigenvalue weighted by Crippen LogP contribution is 2.49. The summed E-state index contributed by atoms with van der Waals surface area (Å²) in [6.45, 7) is 21.1. The average Bonchev–Trinajstić information content (AvgIpc) is 3.04. The van der Waals surface area contributed by atoms with Crippen LogP contribution in [0.1, 0.15) is 242 Å². The fraction of sp³-hybridized carbons (Fsp3) is 1.00. The first kappa shape index (κ1) is 48.9. The van der Waals surface area contributed by atoms with Crippen LogP contribution in [0.15, 0.2) is 0 Å². The third kappa shape index (κ3) is 27.2. The molecule has 0 rings (SSSR count). The van der Waals surface area contributed by atoms with Crippen molar-refractivity contribution in [1.29, 1.82) is 0 Å². The highest BCUT2D eigenvalue weighted by Gasteiger charge is 2.48. The van der Waals surface area contributed by atoms with Crippen LogP contribution < -0.4 is 0 Å². The van der Waals surface area contributed by atoms with E-state index in [1.165, 1.54) is 148 Å². The van der Waals surface area contributed by atoms with E-state index in [4.69, 9.17) is 4.74 Å². The summed E-state index contributed by atoms with van der Waals surface area (Å²) in [5.41, 5.74) is -0.936. The molecule has 0 aromatic carbocycles. The summed E-state index contributed by atoms with van der Waals surface area (Å²) < 4.78 is 6.33. The van der Waals surface area contributed by atoms with Gasteiger partial charge in [0, 0.05) is 5.41 Å². The molecule has 49 heavy (non-hydrogen) atoms. The van der Waals surface area contributed by atoms with Gasteiger partial charge in [0.25, 0.3) is 0 Å². The standard InChI is InChI=1S/C46H94O3/c1-40(2)30-22-14-10-18-26-34-45(35-27-19-11-15-23-31-41(3)4,36-28-20-12-16-24-32-42(5)6)46(48,39-49-44(9)38-47)37-29-21-13-17-25-33-43(7)8/h40-44,47-48H,10-39H2,1-9H3.